The SMILES string of the molecule is C=CC(=O)CCC[N+](C)(C)C.O=S([O-])[O-]. The Balaban J connectivity index is 0. The molecule has 0 rings (SSSR count). The summed E-state index contributed by atoms with van der Waals surface area (Å²) in [7, 11) is 6.37. The van der Waals surface area contributed by atoms with Gasteiger partial charge in [0.15, 0.2) is 5.78 Å². The smallest absolute Gasteiger partial charge is 0.155 e. The molecule has 0 aromatic rings. The number of hydrogen-bond donors (Lipinski definition) is 0. The fourth-order valence-corrected chi connectivity index (χ4v) is 0.830. The Morgan fingerprint density at radius 2 is 1.80 bits per heavy atom. The molecular formula is C9H18NO4S-. The van der Waals surface area contributed by atoms with Crippen LogP contribution >= 0.6 is 0 Å². The molecule has 6 heteroatoms. The van der Waals surface area contributed by atoms with Gasteiger partial charge in [-0.2, -0.15) is 0 Å². The van der Waals surface area contributed by atoms with Crippen LogP contribution in [-0.2, 0) is 16.2 Å². The Kier molecular flexibility index (Phi) is 9.80. The fraction of sp³-hybridized carbons (Fsp3) is 0.667. The van der Waals surface area contributed by atoms with Crippen molar-refractivity contribution >= 4 is 17.1 Å². The average molecular weight is 236 g/mol. The second-order valence-corrected chi connectivity index (χ2v) is 4.40. The highest BCUT2D eigenvalue weighted by Crippen LogP contribution is 1.98. The molecule has 0 aromatic heterocycles. The van der Waals surface area contributed by atoms with E-state index in [0.717, 1.165) is 17.4 Å². The van der Waals surface area contributed by atoms with Gasteiger partial charge in [-0.1, -0.05) is 6.58 Å². The number of hydrogen-bond acceptors (Lipinski definition) is 4. The van der Waals surface area contributed by atoms with Crippen LogP contribution in [0.5, 0.6) is 0 Å². The molecule has 5 nitrogen and oxygen atoms in total. The van der Waals surface area contributed by atoms with Crippen LogP contribution in [0.4, 0.5) is 0 Å². The van der Waals surface area contributed by atoms with Crippen molar-refractivity contribution in [2.75, 3.05) is 27.7 Å². The van der Waals surface area contributed by atoms with Gasteiger partial charge >= 0.3 is 0 Å². The molecule has 0 atom stereocenters. The third-order valence-electron chi connectivity index (χ3n) is 1.48. The van der Waals surface area contributed by atoms with Crippen molar-refractivity contribution in [1.82, 2.24) is 0 Å². The van der Waals surface area contributed by atoms with E-state index >= 15 is 0 Å². The van der Waals surface area contributed by atoms with Gasteiger partial charge in [0.25, 0.3) is 0 Å². The zero-order chi connectivity index (χ0) is 12.5. The number of ketones is 1. The first-order valence-electron chi connectivity index (χ1n) is 4.41. The lowest BCUT2D eigenvalue weighted by molar-refractivity contribution is -0.870. The van der Waals surface area contributed by atoms with E-state index in [-0.39, 0.29) is 5.78 Å². The second-order valence-electron chi connectivity index (χ2n) is 3.99. The molecule has 0 saturated carbocycles. The summed E-state index contributed by atoms with van der Waals surface area (Å²) < 4.78 is 26.3. The van der Waals surface area contributed by atoms with Gasteiger partial charge in [0.1, 0.15) is 0 Å². The van der Waals surface area contributed by atoms with Gasteiger partial charge in [-0.05, 0) is 6.08 Å². The average Bonchev–Trinajstić information content (AvgIpc) is 2.00. The van der Waals surface area contributed by atoms with Crippen LogP contribution in [-0.4, -0.2) is 51.3 Å². The molecule has 15 heavy (non-hydrogen) atoms. The standard InChI is InChI=1S/C9H18NO.H2O3S/c1-5-9(11)7-6-8-10(2,3)4;1-4(2)3/h5H,1,6-8H2,2-4H3;(H2,1,2,3)/q+1;/p-2. The molecule has 0 unspecified atom stereocenters. The number of rotatable bonds is 5. The molecular weight excluding hydrogens is 218 g/mol. The minimum Gasteiger partial charge on any atom is -0.784 e. The maximum absolute atomic E-state index is 10.8. The summed E-state index contributed by atoms with van der Waals surface area (Å²) in [6.07, 6.45) is 2.99. The van der Waals surface area contributed by atoms with Crippen molar-refractivity contribution in [1.29, 1.82) is 0 Å². The van der Waals surface area contributed by atoms with Crippen molar-refractivity contribution in [2.24, 2.45) is 0 Å². The molecule has 0 heterocycles. The first kappa shape index (κ1) is 16.9. The van der Waals surface area contributed by atoms with E-state index in [9.17, 15) is 4.79 Å². The van der Waals surface area contributed by atoms with Crippen LogP contribution in [0.25, 0.3) is 0 Å². The summed E-state index contributed by atoms with van der Waals surface area (Å²) in [5.41, 5.74) is 0. The highest BCUT2D eigenvalue weighted by atomic mass is 32.2. The van der Waals surface area contributed by atoms with E-state index in [4.69, 9.17) is 13.3 Å². The first-order valence-corrected chi connectivity index (χ1v) is 5.41. The van der Waals surface area contributed by atoms with Gasteiger partial charge in [0, 0.05) is 12.8 Å². The van der Waals surface area contributed by atoms with Crippen molar-refractivity contribution in [2.45, 2.75) is 12.8 Å². The number of quaternary nitrogens is 1. The van der Waals surface area contributed by atoms with E-state index in [2.05, 4.69) is 27.7 Å². The maximum Gasteiger partial charge on any atom is 0.155 e. The second kappa shape index (κ2) is 8.72. The van der Waals surface area contributed by atoms with E-state index < -0.39 is 11.4 Å². The van der Waals surface area contributed by atoms with Gasteiger partial charge in [0.2, 0.25) is 0 Å². The zero-order valence-electron chi connectivity index (χ0n) is 9.39. The predicted molar refractivity (Wildman–Crippen MR) is 57.0 cm³/mol. The molecule has 0 spiro atoms. The molecule has 0 aliphatic heterocycles. The maximum atomic E-state index is 10.8. The Morgan fingerprint density at radius 3 is 2.07 bits per heavy atom. The number of allylic oxidation sites excluding steroid dienone is 1. The van der Waals surface area contributed by atoms with E-state index in [1.807, 2.05) is 0 Å². The van der Waals surface area contributed by atoms with Crippen molar-refractivity contribution in [3.8, 4) is 0 Å². The Morgan fingerprint density at radius 1 is 1.40 bits per heavy atom. The van der Waals surface area contributed by atoms with Crippen LogP contribution in [0, 0.1) is 0 Å². The van der Waals surface area contributed by atoms with Crippen LogP contribution < -0.4 is 0 Å². The van der Waals surface area contributed by atoms with Gasteiger partial charge < -0.3 is 13.6 Å². The lowest BCUT2D eigenvalue weighted by Gasteiger charge is -2.23. The van der Waals surface area contributed by atoms with Gasteiger partial charge in [0.05, 0.1) is 27.7 Å². The van der Waals surface area contributed by atoms with E-state index in [0.29, 0.717) is 6.42 Å². The topological polar surface area (TPSA) is 80.3 Å². The Bertz CT molecular complexity index is 219. The largest absolute Gasteiger partial charge is 0.784 e. The minimum atomic E-state index is -3.11. The lowest BCUT2D eigenvalue weighted by atomic mass is 10.2. The monoisotopic (exact) mass is 236 g/mol. The molecule has 0 bridgehead atoms. The van der Waals surface area contributed by atoms with Gasteiger partial charge in [-0.3, -0.25) is 9.00 Å². The van der Waals surface area contributed by atoms with Crippen LogP contribution in [0.1, 0.15) is 12.8 Å². The molecule has 0 aliphatic carbocycles. The lowest BCUT2D eigenvalue weighted by Crippen LogP contribution is -2.35. The predicted octanol–water partition coefficient (Wildman–Crippen LogP) is 0.224. The van der Waals surface area contributed by atoms with Crippen molar-refractivity contribution in [3.05, 3.63) is 12.7 Å². The van der Waals surface area contributed by atoms with Crippen LogP contribution in [0.15, 0.2) is 12.7 Å². The zero-order valence-corrected chi connectivity index (χ0v) is 10.2. The van der Waals surface area contributed by atoms with Crippen LogP contribution in [0.3, 0.4) is 0 Å². The quantitative estimate of drug-likeness (QED) is 0.388. The first-order chi connectivity index (χ1) is 6.69. The summed E-state index contributed by atoms with van der Waals surface area (Å²) >= 11 is -3.11. The number of carbonyl (C=O) groups is 1. The molecule has 90 valence electrons. The Hall–Kier alpha value is -0.560. The fourth-order valence-electron chi connectivity index (χ4n) is 0.830. The summed E-state index contributed by atoms with van der Waals surface area (Å²) in [5.74, 6) is 0.151. The third kappa shape index (κ3) is 24.7. The molecule has 0 aromatic carbocycles. The van der Waals surface area contributed by atoms with Crippen molar-refractivity contribution in [3.63, 3.8) is 0 Å². The Labute approximate surface area is 93.5 Å². The molecule has 0 radical (unpaired) electrons. The summed E-state index contributed by atoms with van der Waals surface area (Å²) in [5, 5.41) is 0. The molecule has 0 aliphatic rings. The minimum absolute atomic E-state index is 0.151. The highest BCUT2D eigenvalue weighted by molar-refractivity contribution is 7.72. The summed E-state index contributed by atoms with van der Waals surface area (Å²) in [6, 6.07) is 0. The summed E-state index contributed by atoms with van der Waals surface area (Å²) in [6.45, 7) is 4.46. The molecule has 0 fully saturated rings. The molecule has 0 N–H and O–H groups in total. The third-order valence-corrected chi connectivity index (χ3v) is 1.48. The normalized spacial score (nSPS) is 10.5. The highest BCUT2D eigenvalue weighted by Gasteiger charge is 2.06. The van der Waals surface area contributed by atoms with Crippen molar-refractivity contribution < 1.29 is 22.6 Å². The van der Waals surface area contributed by atoms with E-state index in [1.54, 1.807) is 0 Å². The van der Waals surface area contributed by atoms with Gasteiger partial charge in [-0.15, -0.1) is 11.4 Å². The molecule has 0 saturated heterocycles. The number of nitrogens with zero attached hydrogens (tertiary/aromatic N) is 1. The van der Waals surface area contributed by atoms with Gasteiger partial charge in [-0.25, -0.2) is 0 Å². The molecule has 0 amide bonds. The van der Waals surface area contributed by atoms with E-state index in [1.165, 1.54) is 6.08 Å². The summed E-state index contributed by atoms with van der Waals surface area (Å²) in [4.78, 5) is 10.8. The number of carbonyl (C=O) groups excluding carboxylic acids is 1. The van der Waals surface area contributed by atoms with Crippen LogP contribution in [0.2, 0.25) is 0 Å².